The van der Waals surface area contributed by atoms with Gasteiger partial charge < -0.3 is 14.2 Å². The summed E-state index contributed by atoms with van der Waals surface area (Å²) in [5, 5.41) is 1.03. The summed E-state index contributed by atoms with van der Waals surface area (Å²) < 4.78 is 7.27. The minimum Gasteiger partial charge on any atom is -0.453 e. The van der Waals surface area contributed by atoms with Crippen molar-refractivity contribution >= 4 is 45.2 Å². The predicted octanol–water partition coefficient (Wildman–Crippen LogP) is 3.88. The number of hydrogen-bond acceptors (Lipinski definition) is 5. The number of hydrogen-bond donors (Lipinski definition) is 0. The van der Waals surface area contributed by atoms with Crippen LogP contribution in [0.3, 0.4) is 0 Å². The van der Waals surface area contributed by atoms with Crippen LogP contribution in [0.5, 0.6) is 0 Å². The highest BCUT2D eigenvalue weighted by Crippen LogP contribution is 2.29. The Morgan fingerprint density at radius 1 is 0.943 bits per heavy atom. The maximum absolute atomic E-state index is 13.0. The van der Waals surface area contributed by atoms with Gasteiger partial charge in [-0.25, -0.2) is 0 Å². The standard InChI is InChI=1S/C28H24N2O5/c1-17(27(33)20-11-12-23-19(15-20)13-14-29(23)18(2)31)35-26(32)16-30-24-9-5-3-7-21(24)28(34)22-8-4-6-10-25(22)30/h3-12,15,17H,13-14,16H2,1-2H3. The lowest BCUT2D eigenvalue weighted by Crippen LogP contribution is -2.27. The molecule has 0 saturated heterocycles. The van der Waals surface area contributed by atoms with Gasteiger partial charge in [0, 0.05) is 35.5 Å². The van der Waals surface area contributed by atoms with Crippen molar-refractivity contribution in [3.05, 3.63) is 88.1 Å². The van der Waals surface area contributed by atoms with E-state index in [-0.39, 0.29) is 23.7 Å². The molecule has 0 spiro atoms. The highest BCUT2D eigenvalue weighted by Gasteiger charge is 2.26. The SMILES string of the molecule is CC(=O)N1CCc2cc(C(=O)C(C)OC(=O)Cn3c4ccccc4c(=O)c4ccccc43)ccc21. The Morgan fingerprint density at radius 2 is 1.57 bits per heavy atom. The Hall–Kier alpha value is -4.26. The predicted molar refractivity (Wildman–Crippen MR) is 134 cm³/mol. The molecule has 35 heavy (non-hydrogen) atoms. The fourth-order valence-corrected chi connectivity index (χ4v) is 4.78. The van der Waals surface area contributed by atoms with Crippen LogP contribution in [-0.2, 0) is 27.3 Å². The molecule has 1 atom stereocenters. The van der Waals surface area contributed by atoms with Crippen LogP contribution in [0.1, 0.15) is 29.8 Å². The first-order valence-electron chi connectivity index (χ1n) is 11.5. The molecule has 1 aliphatic rings. The Labute approximate surface area is 201 Å². The molecular weight excluding hydrogens is 444 g/mol. The zero-order valence-electron chi connectivity index (χ0n) is 19.5. The lowest BCUT2D eigenvalue weighted by molar-refractivity contribution is -0.146. The number of fused-ring (bicyclic) bond motifs is 3. The Kier molecular flexibility index (Phi) is 5.68. The summed E-state index contributed by atoms with van der Waals surface area (Å²) in [7, 11) is 0. The quantitative estimate of drug-likeness (QED) is 0.252. The summed E-state index contributed by atoms with van der Waals surface area (Å²) in [5.41, 5.74) is 3.34. The number of anilines is 1. The van der Waals surface area contributed by atoms with Gasteiger partial charge in [-0.2, -0.15) is 0 Å². The number of ketones is 1. The number of carbonyl (C=O) groups excluding carboxylic acids is 3. The molecule has 1 aromatic heterocycles. The molecule has 0 fully saturated rings. The molecule has 1 amide bonds. The van der Waals surface area contributed by atoms with E-state index < -0.39 is 12.1 Å². The third kappa shape index (κ3) is 3.99. The van der Waals surface area contributed by atoms with Crippen molar-refractivity contribution in [1.82, 2.24) is 4.57 Å². The molecule has 7 heteroatoms. The largest absolute Gasteiger partial charge is 0.453 e. The molecule has 7 nitrogen and oxygen atoms in total. The molecule has 0 radical (unpaired) electrons. The summed E-state index contributed by atoms with van der Waals surface area (Å²) in [4.78, 5) is 52.3. The number of carbonyl (C=O) groups is 3. The lowest BCUT2D eigenvalue weighted by atomic mass is 10.0. The topological polar surface area (TPSA) is 85.7 Å². The zero-order valence-corrected chi connectivity index (χ0v) is 19.5. The first kappa shape index (κ1) is 22.5. The smallest absolute Gasteiger partial charge is 0.326 e. The molecule has 1 unspecified atom stereocenters. The summed E-state index contributed by atoms with van der Waals surface area (Å²) in [6.07, 6.45) is -0.306. The number of para-hydroxylation sites is 2. The van der Waals surface area contributed by atoms with Crippen LogP contribution in [0.25, 0.3) is 21.8 Å². The van der Waals surface area contributed by atoms with Crippen LogP contribution < -0.4 is 10.3 Å². The molecule has 1 aliphatic heterocycles. The van der Waals surface area contributed by atoms with Crippen LogP contribution in [-0.4, -0.2) is 34.9 Å². The minimum atomic E-state index is -0.984. The van der Waals surface area contributed by atoms with Gasteiger partial charge in [-0.3, -0.25) is 19.2 Å². The van der Waals surface area contributed by atoms with Gasteiger partial charge in [0.05, 0.1) is 11.0 Å². The van der Waals surface area contributed by atoms with Gasteiger partial charge in [-0.15, -0.1) is 0 Å². The van der Waals surface area contributed by atoms with Crippen molar-refractivity contribution in [2.75, 3.05) is 11.4 Å². The number of amides is 1. The van der Waals surface area contributed by atoms with Gasteiger partial charge in [-0.05, 0) is 61.4 Å². The second-order valence-corrected chi connectivity index (χ2v) is 8.71. The Morgan fingerprint density at radius 3 is 2.20 bits per heavy atom. The van der Waals surface area contributed by atoms with Crippen molar-refractivity contribution in [3.63, 3.8) is 0 Å². The van der Waals surface area contributed by atoms with Crippen LogP contribution in [0.2, 0.25) is 0 Å². The first-order chi connectivity index (χ1) is 16.8. The molecule has 0 bridgehead atoms. The van der Waals surface area contributed by atoms with E-state index in [0.717, 1.165) is 11.3 Å². The fraction of sp³-hybridized carbons (Fsp3) is 0.214. The monoisotopic (exact) mass is 468 g/mol. The van der Waals surface area contributed by atoms with E-state index in [2.05, 4.69) is 0 Å². The molecule has 2 heterocycles. The van der Waals surface area contributed by atoms with Crippen LogP contribution >= 0.6 is 0 Å². The molecule has 0 N–H and O–H groups in total. The molecule has 0 aliphatic carbocycles. The zero-order chi connectivity index (χ0) is 24.7. The van der Waals surface area contributed by atoms with Crippen LogP contribution in [0.15, 0.2) is 71.5 Å². The van der Waals surface area contributed by atoms with Crippen molar-refractivity contribution in [3.8, 4) is 0 Å². The Balaban J connectivity index is 1.38. The number of ether oxygens (including phenoxy) is 1. The third-order valence-corrected chi connectivity index (χ3v) is 6.48. The normalized spacial score (nSPS) is 13.6. The molecule has 3 aromatic carbocycles. The van der Waals surface area contributed by atoms with E-state index in [1.165, 1.54) is 6.92 Å². The van der Waals surface area contributed by atoms with Crippen molar-refractivity contribution < 1.29 is 19.1 Å². The number of Topliss-reactive ketones (excluding diaryl/α,β-unsaturated/α-hetero) is 1. The Bertz CT molecular complexity index is 1510. The average Bonchev–Trinajstić information content (AvgIpc) is 3.30. The third-order valence-electron chi connectivity index (χ3n) is 6.48. The number of aromatic nitrogens is 1. The second-order valence-electron chi connectivity index (χ2n) is 8.71. The van der Waals surface area contributed by atoms with Crippen molar-refractivity contribution in [1.29, 1.82) is 0 Å². The summed E-state index contributed by atoms with van der Waals surface area (Å²) in [6.45, 7) is 3.52. The fourth-order valence-electron chi connectivity index (χ4n) is 4.78. The van der Waals surface area contributed by atoms with E-state index in [9.17, 15) is 19.2 Å². The number of esters is 1. The van der Waals surface area contributed by atoms with E-state index in [1.807, 2.05) is 12.1 Å². The van der Waals surface area contributed by atoms with E-state index in [4.69, 9.17) is 4.74 Å². The lowest BCUT2D eigenvalue weighted by Gasteiger charge is -2.17. The number of rotatable bonds is 5. The average molecular weight is 469 g/mol. The maximum Gasteiger partial charge on any atom is 0.326 e. The summed E-state index contributed by atoms with van der Waals surface area (Å²) in [6, 6.07) is 19.4. The van der Waals surface area contributed by atoms with Crippen LogP contribution in [0, 0.1) is 0 Å². The molecular formula is C28H24N2O5. The number of benzene rings is 3. The summed E-state index contributed by atoms with van der Waals surface area (Å²) in [5.74, 6) is -0.918. The highest BCUT2D eigenvalue weighted by atomic mass is 16.5. The number of nitrogens with zero attached hydrogens (tertiary/aromatic N) is 2. The van der Waals surface area contributed by atoms with E-state index >= 15 is 0 Å². The number of pyridine rings is 1. The molecule has 5 rings (SSSR count). The van der Waals surface area contributed by atoms with E-state index in [0.29, 0.717) is 40.3 Å². The van der Waals surface area contributed by atoms with Gasteiger partial charge in [-0.1, -0.05) is 24.3 Å². The first-order valence-corrected chi connectivity index (χ1v) is 11.5. The van der Waals surface area contributed by atoms with Crippen molar-refractivity contribution in [2.45, 2.75) is 32.9 Å². The van der Waals surface area contributed by atoms with Gasteiger partial charge in [0.15, 0.2) is 11.5 Å². The van der Waals surface area contributed by atoms with Gasteiger partial charge in [0.2, 0.25) is 11.7 Å². The molecule has 4 aromatic rings. The molecule has 0 saturated carbocycles. The van der Waals surface area contributed by atoms with E-state index in [1.54, 1.807) is 71.0 Å². The van der Waals surface area contributed by atoms with Gasteiger partial charge in [0.1, 0.15) is 6.54 Å². The minimum absolute atomic E-state index is 0.0346. The summed E-state index contributed by atoms with van der Waals surface area (Å²) >= 11 is 0. The van der Waals surface area contributed by atoms with Crippen molar-refractivity contribution in [2.24, 2.45) is 0 Å². The molecule has 176 valence electrons. The second kappa shape index (κ2) is 8.83. The van der Waals surface area contributed by atoms with Crippen LogP contribution in [0.4, 0.5) is 5.69 Å². The maximum atomic E-state index is 13.0. The highest BCUT2D eigenvalue weighted by molar-refractivity contribution is 6.02. The van der Waals surface area contributed by atoms with Gasteiger partial charge >= 0.3 is 5.97 Å². The van der Waals surface area contributed by atoms with Gasteiger partial charge in [0.25, 0.3) is 0 Å².